The third kappa shape index (κ3) is 5.12. The van der Waals surface area contributed by atoms with Crippen molar-refractivity contribution in [3.8, 4) is 11.5 Å². The number of hydrogen-bond acceptors (Lipinski definition) is 7. The molecule has 0 saturated carbocycles. The van der Waals surface area contributed by atoms with E-state index in [9.17, 15) is 18.4 Å². The summed E-state index contributed by atoms with van der Waals surface area (Å²) in [7, 11) is 1.34. The molecule has 11 heteroatoms. The zero-order valence-electron chi connectivity index (χ0n) is 19.5. The third-order valence-corrected chi connectivity index (χ3v) is 6.92. The van der Waals surface area contributed by atoms with Gasteiger partial charge in [-0.05, 0) is 55.3 Å². The fraction of sp³-hybridized carbons (Fsp3) is 0.240. The number of benzene rings is 2. The van der Waals surface area contributed by atoms with Crippen molar-refractivity contribution in [2.45, 2.75) is 26.5 Å². The number of rotatable bonds is 7. The van der Waals surface area contributed by atoms with E-state index in [-0.39, 0.29) is 29.2 Å². The zero-order chi connectivity index (χ0) is 26.0. The highest BCUT2D eigenvalue weighted by atomic mass is 79.9. The van der Waals surface area contributed by atoms with E-state index in [1.165, 1.54) is 23.8 Å². The molecule has 0 radical (unpaired) electrons. The Morgan fingerprint density at radius 1 is 1.22 bits per heavy atom. The van der Waals surface area contributed by atoms with Gasteiger partial charge in [0.2, 0.25) is 0 Å². The first-order chi connectivity index (χ1) is 17.2. The summed E-state index contributed by atoms with van der Waals surface area (Å²) in [6, 6.07) is 11.0. The summed E-state index contributed by atoms with van der Waals surface area (Å²) in [5.74, 6) is -0.554. The highest BCUT2D eigenvalue weighted by Gasteiger charge is 2.33. The first-order valence-corrected chi connectivity index (χ1v) is 12.4. The number of thiazole rings is 1. The number of alkyl halides is 2. The molecule has 0 aliphatic carbocycles. The van der Waals surface area contributed by atoms with Crippen LogP contribution in [0.4, 0.5) is 8.78 Å². The van der Waals surface area contributed by atoms with E-state index in [0.717, 1.165) is 21.4 Å². The molecule has 1 aliphatic heterocycles. The van der Waals surface area contributed by atoms with Crippen molar-refractivity contribution in [2.75, 3.05) is 13.7 Å². The van der Waals surface area contributed by atoms with E-state index in [1.54, 1.807) is 26.0 Å². The van der Waals surface area contributed by atoms with Crippen LogP contribution >= 0.6 is 27.3 Å². The second-order valence-electron chi connectivity index (χ2n) is 7.64. The van der Waals surface area contributed by atoms with E-state index < -0.39 is 18.6 Å². The fourth-order valence-electron chi connectivity index (χ4n) is 3.87. The van der Waals surface area contributed by atoms with Gasteiger partial charge >= 0.3 is 12.6 Å². The van der Waals surface area contributed by atoms with Gasteiger partial charge in [-0.2, -0.15) is 8.78 Å². The van der Waals surface area contributed by atoms with Crippen molar-refractivity contribution in [1.82, 2.24) is 4.57 Å². The molecule has 1 aliphatic rings. The molecule has 3 aromatic rings. The fourth-order valence-corrected chi connectivity index (χ4v) is 5.18. The van der Waals surface area contributed by atoms with Crippen LogP contribution in [-0.4, -0.2) is 30.9 Å². The van der Waals surface area contributed by atoms with Gasteiger partial charge in [-0.15, -0.1) is 0 Å². The number of aromatic nitrogens is 1. The topological polar surface area (TPSA) is 79.1 Å². The normalized spacial score (nSPS) is 15.5. The molecule has 1 unspecified atom stereocenters. The molecule has 7 nitrogen and oxygen atoms in total. The first-order valence-electron chi connectivity index (χ1n) is 10.8. The molecule has 0 N–H and O–H groups in total. The van der Waals surface area contributed by atoms with Gasteiger partial charge in [-0.3, -0.25) is 9.36 Å². The van der Waals surface area contributed by atoms with Gasteiger partial charge in [-0.25, -0.2) is 9.79 Å². The van der Waals surface area contributed by atoms with Gasteiger partial charge in [0.15, 0.2) is 16.3 Å². The van der Waals surface area contributed by atoms with Crippen molar-refractivity contribution in [3.05, 3.63) is 89.0 Å². The number of allylic oxidation sites excluding steroid dienone is 1. The average Bonchev–Trinajstić information content (AvgIpc) is 3.13. The summed E-state index contributed by atoms with van der Waals surface area (Å²) in [4.78, 5) is 31.5. The molecule has 0 amide bonds. The summed E-state index contributed by atoms with van der Waals surface area (Å²) >= 11 is 4.57. The van der Waals surface area contributed by atoms with Crippen molar-refractivity contribution in [1.29, 1.82) is 0 Å². The van der Waals surface area contributed by atoms with Crippen LogP contribution in [0.2, 0.25) is 0 Å². The Bertz CT molecular complexity index is 1510. The molecule has 0 fully saturated rings. The Labute approximate surface area is 217 Å². The van der Waals surface area contributed by atoms with Crippen molar-refractivity contribution in [2.24, 2.45) is 4.99 Å². The minimum Gasteiger partial charge on any atom is -0.493 e. The second-order valence-corrected chi connectivity index (χ2v) is 9.57. The minimum absolute atomic E-state index is 0.102. The predicted octanol–water partition coefficient (Wildman–Crippen LogP) is 4.17. The lowest BCUT2D eigenvalue weighted by molar-refractivity contribution is -0.139. The zero-order valence-corrected chi connectivity index (χ0v) is 21.9. The van der Waals surface area contributed by atoms with Crippen LogP contribution < -0.4 is 24.4 Å². The van der Waals surface area contributed by atoms with Crippen LogP contribution in [0, 0.1) is 0 Å². The van der Waals surface area contributed by atoms with Gasteiger partial charge in [0, 0.05) is 4.47 Å². The maximum atomic E-state index is 13.6. The molecule has 2 aromatic carbocycles. The molecule has 4 rings (SSSR count). The summed E-state index contributed by atoms with van der Waals surface area (Å²) in [6.07, 6.45) is 1.61. The van der Waals surface area contributed by atoms with Gasteiger partial charge in [0.25, 0.3) is 5.56 Å². The highest BCUT2D eigenvalue weighted by molar-refractivity contribution is 9.10. The van der Waals surface area contributed by atoms with Crippen LogP contribution in [0.15, 0.2) is 68.0 Å². The maximum Gasteiger partial charge on any atom is 0.387 e. The number of fused-ring (bicyclic) bond motifs is 1. The van der Waals surface area contributed by atoms with E-state index >= 15 is 0 Å². The largest absolute Gasteiger partial charge is 0.493 e. The summed E-state index contributed by atoms with van der Waals surface area (Å²) in [5, 5.41) is 0. The van der Waals surface area contributed by atoms with Crippen LogP contribution in [0.1, 0.15) is 31.0 Å². The molecular formula is C25H21BrF2N2O5S. The summed E-state index contributed by atoms with van der Waals surface area (Å²) < 4.78 is 42.9. The van der Waals surface area contributed by atoms with Crippen molar-refractivity contribution in [3.63, 3.8) is 0 Å². The Kier molecular flexibility index (Phi) is 7.70. The van der Waals surface area contributed by atoms with Gasteiger partial charge < -0.3 is 14.2 Å². The predicted molar refractivity (Wildman–Crippen MR) is 134 cm³/mol. The standard InChI is InChI=1S/C25H21BrF2N2O5S/c1-4-34-23(32)20-13(2)29-25-30(21(20)15-6-8-16(26)9-7-15)22(31)19(36-25)12-14-5-10-17(35-24(27)28)18(11-14)33-3/h5-12,21,24H,4H2,1-3H3/b19-12+. The SMILES string of the molecule is CCOC(=O)C1=C(C)N=c2s/c(=C/c3ccc(OC(F)F)c(OC)c3)c(=O)n2C1c1ccc(Br)cc1. The van der Waals surface area contributed by atoms with Crippen molar-refractivity contribution < 1.29 is 27.8 Å². The van der Waals surface area contributed by atoms with E-state index in [0.29, 0.717) is 20.6 Å². The van der Waals surface area contributed by atoms with Crippen LogP contribution in [0.5, 0.6) is 11.5 Å². The molecule has 188 valence electrons. The molecule has 2 heterocycles. The Morgan fingerprint density at radius 3 is 2.58 bits per heavy atom. The third-order valence-electron chi connectivity index (χ3n) is 5.40. The Balaban J connectivity index is 1.88. The second kappa shape index (κ2) is 10.8. The molecular weight excluding hydrogens is 558 g/mol. The number of ether oxygens (including phenoxy) is 3. The quantitative estimate of drug-likeness (QED) is 0.393. The lowest BCUT2D eigenvalue weighted by atomic mass is 9.96. The van der Waals surface area contributed by atoms with Gasteiger partial charge in [0.1, 0.15) is 0 Å². The van der Waals surface area contributed by atoms with Gasteiger partial charge in [0.05, 0.1) is 35.6 Å². The number of esters is 1. The Hall–Kier alpha value is -3.31. The smallest absolute Gasteiger partial charge is 0.387 e. The average molecular weight is 579 g/mol. The monoisotopic (exact) mass is 578 g/mol. The first kappa shape index (κ1) is 25.8. The summed E-state index contributed by atoms with van der Waals surface area (Å²) in [5.41, 5.74) is 1.66. The highest BCUT2D eigenvalue weighted by Crippen LogP contribution is 2.32. The number of nitrogens with zero attached hydrogens (tertiary/aromatic N) is 2. The number of hydrogen-bond donors (Lipinski definition) is 0. The minimum atomic E-state index is -3.00. The molecule has 0 bridgehead atoms. The molecule has 1 atom stereocenters. The number of carbonyl (C=O) groups is 1. The van der Waals surface area contributed by atoms with E-state index in [4.69, 9.17) is 9.47 Å². The maximum absolute atomic E-state index is 13.6. The van der Waals surface area contributed by atoms with Crippen LogP contribution in [0.25, 0.3) is 6.08 Å². The van der Waals surface area contributed by atoms with E-state index in [2.05, 4.69) is 25.7 Å². The van der Waals surface area contributed by atoms with Gasteiger partial charge in [-0.1, -0.05) is 45.5 Å². The number of carbonyl (C=O) groups excluding carboxylic acids is 1. The van der Waals surface area contributed by atoms with Crippen LogP contribution in [0.3, 0.4) is 0 Å². The summed E-state index contributed by atoms with van der Waals surface area (Å²) in [6.45, 7) is 0.606. The number of methoxy groups -OCH3 is 1. The lowest BCUT2D eigenvalue weighted by Gasteiger charge is -2.24. The van der Waals surface area contributed by atoms with Crippen LogP contribution in [-0.2, 0) is 9.53 Å². The molecule has 0 spiro atoms. The molecule has 0 saturated heterocycles. The Morgan fingerprint density at radius 2 is 1.94 bits per heavy atom. The van der Waals surface area contributed by atoms with Crippen molar-refractivity contribution >= 4 is 39.3 Å². The lowest BCUT2D eigenvalue weighted by Crippen LogP contribution is -2.39. The molecule has 36 heavy (non-hydrogen) atoms. The number of halogens is 3. The van der Waals surface area contributed by atoms with E-state index in [1.807, 2.05) is 24.3 Å². The molecule has 1 aromatic heterocycles.